The van der Waals surface area contributed by atoms with Crippen molar-refractivity contribution in [1.29, 1.82) is 0 Å². The highest BCUT2D eigenvalue weighted by Gasteiger charge is 2.11. The molecular weight excluding hydrogens is 255 g/mol. The van der Waals surface area contributed by atoms with E-state index in [0.717, 1.165) is 0 Å². The minimum absolute atomic E-state index is 0.137. The van der Waals surface area contributed by atoms with Crippen LogP contribution < -0.4 is 5.73 Å². The summed E-state index contributed by atoms with van der Waals surface area (Å²) in [6.45, 7) is 0. The molecule has 2 aromatic rings. The molecule has 2 rings (SSSR count). The van der Waals surface area contributed by atoms with Gasteiger partial charge in [0.2, 0.25) is 0 Å². The van der Waals surface area contributed by atoms with Crippen molar-refractivity contribution in [2.45, 2.75) is 9.92 Å². The van der Waals surface area contributed by atoms with Crippen molar-refractivity contribution in [3.63, 3.8) is 0 Å². The second kappa shape index (κ2) is 5.46. The lowest BCUT2D eigenvalue weighted by molar-refractivity contribution is 0.318. The van der Waals surface area contributed by atoms with Crippen LogP contribution in [0.4, 0.5) is 4.39 Å². The van der Waals surface area contributed by atoms with Crippen LogP contribution >= 0.6 is 11.8 Å². The van der Waals surface area contributed by atoms with E-state index in [1.807, 2.05) is 0 Å². The summed E-state index contributed by atoms with van der Waals surface area (Å²) in [6.07, 6.45) is 2.92. The van der Waals surface area contributed by atoms with E-state index >= 15 is 0 Å². The number of amidine groups is 1. The first-order chi connectivity index (χ1) is 8.70. The van der Waals surface area contributed by atoms with Crippen molar-refractivity contribution in [2.75, 3.05) is 0 Å². The second-order valence-electron chi connectivity index (χ2n) is 3.25. The fourth-order valence-corrected chi connectivity index (χ4v) is 2.17. The Morgan fingerprint density at radius 3 is 2.83 bits per heavy atom. The number of nitrogens with zero attached hydrogens (tertiary/aromatic N) is 3. The van der Waals surface area contributed by atoms with Crippen LogP contribution in [0.5, 0.6) is 0 Å². The van der Waals surface area contributed by atoms with Gasteiger partial charge in [-0.05, 0) is 18.2 Å². The zero-order valence-corrected chi connectivity index (χ0v) is 9.93. The Hall–Kier alpha value is -2.15. The number of aromatic nitrogens is 2. The largest absolute Gasteiger partial charge is 0.409 e. The molecule has 0 bridgehead atoms. The number of hydrogen-bond acceptors (Lipinski definition) is 5. The molecule has 0 spiro atoms. The van der Waals surface area contributed by atoms with Crippen molar-refractivity contribution in [2.24, 2.45) is 10.9 Å². The van der Waals surface area contributed by atoms with Crippen LogP contribution in [0.15, 0.2) is 51.7 Å². The van der Waals surface area contributed by atoms with Crippen molar-refractivity contribution in [3.8, 4) is 0 Å². The summed E-state index contributed by atoms with van der Waals surface area (Å²) in [5.41, 5.74) is 5.75. The molecule has 1 aromatic heterocycles. The van der Waals surface area contributed by atoms with E-state index < -0.39 is 0 Å². The van der Waals surface area contributed by atoms with E-state index in [-0.39, 0.29) is 17.3 Å². The van der Waals surface area contributed by atoms with Gasteiger partial charge in [-0.3, -0.25) is 0 Å². The van der Waals surface area contributed by atoms with Gasteiger partial charge in [-0.25, -0.2) is 14.4 Å². The van der Waals surface area contributed by atoms with Crippen molar-refractivity contribution >= 4 is 17.6 Å². The van der Waals surface area contributed by atoms with Gasteiger partial charge in [-0.2, -0.15) is 0 Å². The molecule has 0 saturated heterocycles. The average Bonchev–Trinajstić information content (AvgIpc) is 2.38. The molecular formula is C11H9FN4OS. The van der Waals surface area contributed by atoms with Gasteiger partial charge >= 0.3 is 0 Å². The molecule has 0 aliphatic heterocycles. The van der Waals surface area contributed by atoms with Gasteiger partial charge in [0, 0.05) is 17.3 Å². The van der Waals surface area contributed by atoms with Crippen LogP contribution in [-0.4, -0.2) is 21.0 Å². The van der Waals surface area contributed by atoms with Crippen LogP contribution in [0.3, 0.4) is 0 Å². The van der Waals surface area contributed by atoms with Gasteiger partial charge in [0.05, 0.1) is 0 Å². The van der Waals surface area contributed by atoms with Crippen molar-refractivity contribution in [3.05, 3.63) is 48.2 Å². The molecule has 7 heteroatoms. The second-order valence-corrected chi connectivity index (χ2v) is 4.32. The van der Waals surface area contributed by atoms with E-state index in [4.69, 9.17) is 10.9 Å². The first kappa shape index (κ1) is 12.3. The summed E-state index contributed by atoms with van der Waals surface area (Å²) in [7, 11) is 0. The number of oxime groups is 1. The molecule has 1 aromatic carbocycles. The fraction of sp³-hybridized carbons (Fsp3) is 0. The van der Waals surface area contributed by atoms with Crippen LogP contribution in [0.25, 0.3) is 0 Å². The number of hydrogen-bond donors (Lipinski definition) is 2. The van der Waals surface area contributed by atoms with Crippen LogP contribution in [0, 0.1) is 5.82 Å². The topological polar surface area (TPSA) is 84.4 Å². The number of benzene rings is 1. The lowest BCUT2D eigenvalue weighted by Crippen LogP contribution is -2.16. The Balaban J connectivity index is 2.35. The maximum atomic E-state index is 13.1. The van der Waals surface area contributed by atoms with E-state index in [2.05, 4.69) is 15.1 Å². The summed E-state index contributed by atoms with van der Waals surface area (Å²) in [6, 6.07) is 6.05. The predicted molar refractivity (Wildman–Crippen MR) is 65.1 cm³/mol. The minimum Gasteiger partial charge on any atom is -0.409 e. The lowest BCUT2D eigenvalue weighted by atomic mass is 10.3. The molecule has 0 radical (unpaired) electrons. The SMILES string of the molecule is NC(=NO)c1nccnc1Sc1cccc(F)c1. The number of nitrogens with two attached hydrogens (primary N) is 1. The summed E-state index contributed by atoms with van der Waals surface area (Å²) >= 11 is 1.19. The molecule has 18 heavy (non-hydrogen) atoms. The highest BCUT2D eigenvalue weighted by Crippen LogP contribution is 2.27. The molecule has 5 nitrogen and oxygen atoms in total. The van der Waals surface area contributed by atoms with Crippen molar-refractivity contribution in [1.82, 2.24) is 9.97 Å². The molecule has 0 fully saturated rings. The Morgan fingerprint density at radius 2 is 2.11 bits per heavy atom. The maximum absolute atomic E-state index is 13.1. The van der Waals surface area contributed by atoms with Gasteiger partial charge < -0.3 is 10.9 Å². The normalized spacial score (nSPS) is 11.5. The molecule has 0 aliphatic rings. The molecule has 3 N–H and O–H groups in total. The molecule has 0 atom stereocenters. The third-order valence-electron chi connectivity index (χ3n) is 2.03. The average molecular weight is 264 g/mol. The van der Waals surface area contributed by atoms with E-state index in [1.54, 1.807) is 12.1 Å². The first-order valence-electron chi connectivity index (χ1n) is 4.93. The van der Waals surface area contributed by atoms with E-state index in [1.165, 1.54) is 36.3 Å². The van der Waals surface area contributed by atoms with Gasteiger partial charge in [-0.15, -0.1) is 0 Å². The Labute approximate surface area is 107 Å². The molecule has 92 valence electrons. The lowest BCUT2D eigenvalue weighted by Gasteiger charge is -2.05. The number of rotatable bonds is 3. The molecule has 1 heterocycles. The Bertz CT molecular complexity index is 591. The third-order valence-corrected chi connectivity index (χ3v) is 3.01. The van der Waals surface area contributed by atoms with Gasteiger partial charge in [0.25, 0.3) is 0 Å². The quantitative estimate of drug-likeness (QED) is 0.382. The summed E-state index contributed by atoms with van der Waals surface area (Å²) < 4.78 is 13.1. The molecule has 0 aliphatic carbocycles. The fourth-order valence-electron chi connectivity index (χ4n) is 1.27. The minimum atomic E-state index is -0.339. The first-order valence-corrected chi connectivity index (χ1v) is 5.74. The van der Waals surface area contributed by atoms with Gasteiger partial charge in [0.1, 0.15) is 16.5 Å². The third kappa shape index (κ3) is 2.75. The number of halogens is 1. The molecule has 0 saturated carbocycles. The zero-order chi connectivity index (χ0) is 13.0. The Morgan fingerprint density at radius 1 is 1.33 bits per heavy atom. The highest BCUT2D eigenvalue weighted by molar-refractivity contribution is 7.99. The van der Waals surface area contributed by atoms with Crippen LogP contribution in [0.2, 0.25) is 0 Å². The predicted octanol–water partition coefficient (Wildman–Crippen LogP) is 1.86. The van der Waals surface area contributed by atoms with E-state index in [9.17, 15) is 4.39 Å². The molecule has 0 unspecified atom stereocenters. The monoisotopic (exact) mass is 264 g/mol. The zero-order valence-electron chi connectivity index (χ0n) is 9.12. The van der Waals surface area contributed by atoms with E-state index in [0.29, 0.717) is 9.92 Å². The summed E-state index contributed by atoms with van der Waals surface area (Å²) in [4.78, 5) is 8.71. The maximum Gasteiger partial charge on any atom is 0.191 e. The smallest absolute Gasteiger partial charge is 0.191 e. The van der Waals surface area contributed by atoms with Gasteiger partial charge in [0.15, 0.2) is 5.84 Å². The highest BCUT2D eigenvalue weighted by atomic mass is 32.2. The standard InChI is InChI=1S/C11H9FN4OS/c12-7-2-1-3-8(6-7)18-11-9(10(13)16-17)14-4-5-15-11/h1-6,17H,(H2,13,16). The van der Waals surface area contributed by atoms with Crippen molar-refractivity contribution < 1.29 is 9.60 Å². The summed E-state index contributed by atoms with van der Waals surface area (Å²) in [5.74, 6) is -0.476. The van der Waals surface area contributed by atoms with Gasteiger partial charge in [-0.1, -0.05) is 23.0 Å². The van der Waals surface area contributed by atoms with Crippen LogP contribution in [-0.2, 0) is 0 Å². The summed E-state index contributed by atoms with van der Waals surface area (Å²) in [5, 5.41) is 12.0. The molecule has 0 amide bonds. The Kier molecular flexibility index (Phi) is 3.73. The van der Waals surface area contributed by atoms with Crippen LogP contribution in [0.1, 0.15) is 5.69 Å².